The van der Waals surface area contributed by atoms with E-state index in [0.29, 0.717) is 31.2 Å². The second kappa shape index (κ2) is 6.86. The van der Waals surface area contributed by atoms with Crippen LogP contribution in [0.4, 0.5) is 5.82 Å². The van der Waals surface area contributed by atoms with Gasteiger partial charge in [0.05, 0.1) is 13.2 Å². The minimum atomic E-state index is -0.227. The van der Waals surface area contributed by atoms with Crippen molar-refractivity contribution in [3.8, 4) is 0 Å². The molecule has 3 aromatic rings. The number of aromatic nitrogens is 4. The molecule has 3 aromatic heterocycles. The Hall–Kier alpha value is -3.00. The smallest absolute Gasteiger partial charge is 0.271 e. The average molecular weight is 338 g/mol. The second-order valence-electron chi connectivity index (χ2n) is 5.76. The fraction of sp³-hybridized carbons (Fsp3) is 0.294. The number of imidazole rings is 1. The topological polar surface area (TPSA) is 84.7 Å². The maximum atomic E-state index is 12.3. The molecule has 1 aliphatic rings. The van der Waals surface area contributed by atoms with Gasteiger partial charge in [0.25, 0.3) is 5.91 Å². The summed E-state index contributed by atoms with van der Waals surface area (Å²) in [5.74, 6) is 1.19. The highest BCUT2D eigenvalue weighted by Crippen LogP contribution is 2.14. The van der Waals surface area contributed by atoms with E-state index >= 15 is 0 Å². The molecule has 1 fully saturated rings. The second-order valence-corrected chi connectivity index (χ2v) is 5.76. The molecule has 0 spiro atoms. The van der Waals surface area contributed by atoms with Crippen LogP contribution < -0.4 is 10.2 Å². The van der Waals surface area contributed by atoms with E-state index in [4.69, 9.17) is 4.74 Å². The third kappa shape index (κ3) is 3.43. The summed E-state index contributed by atoms with van der Waals surface area (Å²) < 4.78 is 7.08. The van der Waals surface area contributed by atoms with Crippen LogP contribution in [0.5, 0.6) is 0 Å². The van der Waals surface area contributed by atoms with Gasteiger partial charge in [-0.25, -0.2) is 15.0 Å². The van der Waals surface area contributed by atoms with E-state index in [1.165, 1.54) is 0 Å². The highest BCUT2D eigenvalue weighted by molar-refractivity contribution is 5.92. The highest BCUT2D eigenvalue weighted by atomic mass is 16.5. The van der Waals surface area contributed by atoms with Crippen molar-refractivity contribution >= 4 is 17.5 Å². The van der Waals surface area contributed by atoms with Gasteiger partial charge < -0.3 is 15.0 Å². The van der Waals surface area contributed by atoms with E-state index in [0.717, 1.165) is 24.5 Å². The first-order valence-electron chi connectivity index (χ1n) is 8.15. The van der Waals surface area contributed by atoms with Gasteiger partial charge in [-0.3, -0.25) is 9.20 Å². The number of nitrogens with zero attached hydrogens (tertiary/aromatic N) is 5. The van der Waals surface area contributed by atoms with E-state index in [1.807, 2.05) is 18.3 Å². The van der Waals surface area contributed by atoms with Crippen molar-refractivity contribution in [1.29, 1.82) is 0 Å². The molecule has 1 aliphatic heterocycles. The molecule has 25 heavy (non-hydrogen) atoms. The van der Waals surface area contributed by atoms with Crippen LogP contribution in [0.25, 0.3) is 5.78 Å². The quantitative estimate of drug-likeness (QED) is 0.760. The summed E-state index contributed by atoms with van der Waals surface area (Å²) >= 11 is 0. The number of hydrogen-bond donors (Lipinski definition) is 1. The summed E-state index contributed by atoms with van der Waals surface area (Å²) in [7, 11) is 0. The molecule has 8 heteroatoms. The molecule has 0 aliphatic carbocycles. The summed E-state index contributed by atoms with van der Waals surface area (Å²) in [5, 5.41) is 2.89. The van der Waals surface area contributed by atoms with Crippen LogP contribution in [-0.2, 0) is 11.3 Å². The number of hydrogen-bond acceptors (Lipinski definition) is 6. The van der Waals surface area contributed by atoms with Crippen molar-refractivity contribution < 1.29 is 9.53 Å². The number of pyridine rings is 1. The van der Waals surface area contributed by atoms with Gasteiger partial charge in [-0.2, -0.15) is 0 Å². The summed E-state index contributed by atoms with van der Waals surface area (Å²) in [6.07, 6.45) is 6.89. The fourth-order valence-electron chi connectivity index (χ4n) is 2.75. The van der Waals surface area contributed by atoms with Gasteiger partial charge in [-0.15, -0.1) is 0 Å². The molecule has 1 N–H and O–H groups in total. The van der Waals surface area contributed by atoms with Gasteiger partial charge in [0.15, 0.2) is 0 Å². The summed E-state index contributed by atoms with van der Waals surface area (Å²) in [6, 6.07) is 5.69. The number of nitrogens with one attached hydrogen (secondary N) is 1. The summed E-state index contributed by atoms with van der Waals surface area (Å²) in [5.41, 5.74) is 1.34. The molecule has 8 nitrogen and oxygen atoms in total. The highest BCUT2D eigenvalue weighted by Gasteiger charge is 2.14. The van der Waals surface area contributed by atoms with Crippen molar-refractivity contribution in [3.05, 3.63) is 54.2 Å². The summed E-state index contributed by atoms with van der Waals surface area (Å²) in [6.45, 7) is 3.50. The van der Waals surface area contributed by atoms with Crippen molar-refractivity contribution in [1.82, 2.24) is 24.7 Å². The molecular weight excluding hydrogens is 320 g/mol. The number of carbonyl (C=O) groups excluding carboxylic acids is 1. The Kier molecular flexibility index (Phi) is 4.26. The average Bonchev–Trinajstić information content (AvgIpc) is 3.11. The van der Waals surface area contributed by atoms with Crippen molar-refractivity contribution in [2.45, 2.75) is 6.54 Å². The number of ether oxygens (including phenoxy) is 1. The normalized spacial score (nSPS) is 14.6. The lowest BCUT2D eigenvalue weighted by Crippen LogP contribution is -2.36. The van der Waals surface area contributed by atoms with Gasteiger partial charge in [0, 0.05) is 44.4 Å². The van der Waals surface area contributed by atoms with E-state index in [-0.39, 0.29) is 5.91 Å². The minimum Gasteiger partial charge on any atom is -0.378 e. The Balaban J connectivity index is 1.42. The van der Waals surface area contributed by atoms with Crippen LogP contribution in [-0.4, -0.2) is 51.6 Å². The van der Waals surface area contributed by atoms with E-state index in [9.17, 15) is 4.79 Å². The predicted molar refractivity (Wildman–Crippen MR) is 91.4 cm³/mol. The number of carbonyl (C=O) groups is 1. The van der Waals surface area contributed by atoms with Crippen molar-refractivity contribution in [3.63, 3.8) is 0 Å². The number of rotatable bonds is 4. The Morgan fingerprint density at radius 1 is 1.24 bits per heavy atom. The predicted octanol–water partition coefficient (Wildman–Crippen LogP) is 0.891. The van der Waals surface area contributed by atoms with E-state index < -0.39 is 0 Å². The molecule has 1 saturated heterocycles. The molecule has 0 radical (unpaired) electrons. The molecule has 0 bridgehead atoms. The van der Waals surface area contributed by atoms with Gasteiger partial charge in [0.1, 0.15) is 11.5 Å². The monoisotopic (exact) mass is 338 g/mol. The fourth-order valence-corrected chi connectivity index (χ4v) is 2.75. The molecule has 0 aromatic carbocycles. The Labute approximate surface area is 144 Å². The molecular formula is C17H18N6O2. The number of amides is 1. The number of fused-ring (bicyclic) bond motifs is 1. The SMILES string of the molecule is O=C(NCc1ccnc(N2CCOCC2)c1)c1cn2cccnc2n1. The molecule has 0 atom stereocenters. The Morgan fingerprint density at radius 3 is 2.96 bits per heavy atom. The van der Waals surface area contributed by atoms with Gasteiger partial charge in [-0.1, -0.05) is 0 Å². The van der Waals surface area contributed by atoms with E-state index in [2.05, 4.69) is 25.2 Å². The van der Waals surface area contributed by atoms with Crippen LogP contribution >= 0.6 is 0 Å². The molecule has 1 amide bonds. The lowest BCUT2D eigenvalue weighted by atomic mass is 10.2. The van der Waals surface area contributed by atoms with Crippen LogP contribution in [0.1, 0.15) is 16.1 Å². The Morgan fingerprint density at radius 2 is 2.12 bits per heavy atom. The van der Waals surface area contributed by atoms with Crippen LogP contribution in [0, 0.1) is 0 Å². The maximum Gasteiger partial charge on any atom is 0.271 e. The maximum absolute atomic E-state index is 12.3. The Bertz CT molecular complexity index is 854. The largest absolute Gasteiger partial charge is 0.378 e. The number of morpholine rings is 1. The molecule has 128 valence electrons. The molecule has 4 heterocycles. The lowest BCUT2D eigenvalue weighted by Gasteiger charge is -2.28. The first-order valence-corrected chi connectivity index (χ1v) is 8.15. The first-order chi connectivity index (χ1) is 12.3. The zero-order valence-corrected chi connectivity index (χ0v) is 13.6. The van der Waals surface area contributed by atoms with Gasteiger partial charge in [-0.05, 0) is 23.8 Å². The standard InChI is InChI=1S/C17H18N6O2/c24-16(14-12-23-5-1-3-19-17(23)21-14)20-11-13-2-4-18-15(10-13)22-6-8-25-9-7-22/h1-5,10,12H,6-9,11H2,(H,20,24). The third-order valence-corrected chi connectivity index (χ3v) is 4.07. The summed E-state index contributed by atoms with van der Waals surface area (Å²) in [4.78, 5) is 27.2. The van der Waals surface area contributed by atoms with Crippen molar-refractivity contribution in [2.75, 3.05) is 31.2 Å². The lowest BCUT2D eigenvalue weighted by molar-refractivity contribution is 0.0946. The third-order valence-electron chi connectivity index (χ3n) is 4.07. The minimum absolute atomic E-state index is 0.227. The van der Waals surface area contributed by atoms with Crippen LogP contribution in [0.3, 0.4) is 0 Å². The zero-order valence-electron chi connectivity index (χ0n) is 13.6. The van der Waals surface area contributed by atoms with Crippen LogP contribution in [0.15, 0.2) is 43.0 Å². The molecule has 0 saturated carbocycles. The van der Waals surface area contributed by atoms with Gasteiger partial charge in [0.2, 0.25) is 5.78 Å². The van der Waals surface area contributed by atoms with E-state index in [1.54, 1.807) is 29.1 Å². The van der Waals surface area contributed by atoms with Gasteiger partial charge >= 0.3 is 0 Å². The molecule has 0 unspecified atom stereocenters. The van der Waals surface area contributed by atoms with Crippen molar-refractivity contribution in [2.24, 2.45) is 0 Å². The van der Waals surface area contributed by atoms with Crippen LogP contribution in [0.2, 0.25) is 0 Å². The zero-order chi connectivity index (χ0) is 17.1. The first kappa shape index (κ1) is 15.5. The number of anilines is 1. The molecule has 4 rings (SSSR count).